The average molecular weight is 388 g/mol. The standard InChI is InChI=1S/C20H24N2O6/c1-25-15-7-5-6-13(10-15)18(28-4)12-21-19(23)20(24)22-14-8-9-16(26-2)17(11-14)27-3/h5-11,18H,12H2,1-4H3,(H,21,23)(H,22,24). The molecule has 0 aliphatic rings. The van der Waals surface area contributed by atoms with Crippen LogP contribution in [-0.2, 0) is 14.3 Å². The summed E-state index contributed by atoms with van der Waals surface area (Å²) in [7, 11) is 6.10. The molecule has 28 heavy (non-hydrogen) atoms. The molecule has 2 aromatic rings. The second-order valence-electron chi connectivity index (χ2n) is 5.73. The third kappa shape index (κ3) is 5.37. The molecule has 2 rings (SSSR count). The fourth-order valence-corrected chi connectivity index (χ4v) is 2.55. The number of rotatable bonds is 8. The minimum Gasteiger partial charge on any atom is -0.497 e. The van der Waals surface area contributed by atoms with E-state index in [1.807, 2.05) is 24.3 Å². The van der Waals surface area contributed by atoms with Crippen LogP contribution >= 0.6 is 0 Å². The molecule has 0 fully saturated rings. The first-order chi connectivity index (χ1) is 13.5. The summed E-state index contributed by atoms with van der Waals surface area (Å²) in [6.07, 6.45) is -0.423. The number of methoxy groups -OCH3 is 4. The van der Waals surface area contributed by atoms with E-state index in [9.17, 15) is 9.59 Å². The molecule has 0 aromatic heterocycles. The lowest BCUT2D eigenvalue weighted by Gasteiger charge is -2.17. The van der Waals surface area contributed by atoms with E-state index in [1.165, 1.54) is 21.3 Å². The van der Waals surface area contributed by atoms with Crippen molar-refractivity contribution in [2.24, 2.45) is 0 Å². The van der Waals surface area contributed by atoms with Crippen molar-refractivity contribution in [2.45, 2.75) is 6.10 Å². The number of hydrogen-bond donors (Lipinski definition) is 2. The minimum absolute atomic E-state index is 0.127. The summed E-state index contributed by atoms with van der Waals surface area (Å²) in [5, 5.41) is 5.09. The lowest BCUT2D eigenvalue weighted by atomic mass is 10.1. The van der Waals surface area contributed by atoms with Gasteiger partial charge >= 0.3 is 11.8 Å². The van der Waals surface area contributed by atoms with Gasteiger partial charge in [-0.2, -0.15) is 0 Å². The molecule has 2 amide bonds. The zero-order valence-corrected chi connectivity index (χ0v) is 16.3. The highest BCUT2D eigenvalue weighted by atomic mass is 16.5. The lowest BCUT2D eigenvalue weighted by molar-refractivity contribution is -0.136. The van der Waals surface area contributed by atoms with Crippen LogP contribution in [0, 0.1) is 0 Å². The molecule has 150 valence electrons. The van der Waals surface area contributed by atoms with Gasteiger partial charge in [-0.1, -0.05) is 12.1 Å². The Morgan fingerprint density at radius 2 is 1.64 bits per heavy atom. The van der Waals surface area contributed by atoms with Crippen LogP contribution < -0.4 is 24.8 Å². The number of nitrogens with one attached hydrogen (secondary N) is 2. The zero-order chi connectivity index (χ0) is 20.5. The molecule has 8 nitrogen and oxygen atoms in total. The first-order valence-corrected chi connectivity index (χ1v) is 8.50. The number of carbonyl (C=O) groups is 2. The van der Waals surface area contributed by atoms with Gasteiger partial charge in [-0.25, -0.2) is 0 Å². The topological polar surface area (TPSA) is 95.1 Å². The molecule has 0 heterocycles. The fraction of sp³-hybridized carbons (Fsp3) is 0.300. The van der Waals surface area contributed by atoms with E-state index < -0.39 is 17.9 Å². The predicted molar refractivity (Wildman–Crippen MR) is 104 cm³/mol. The lowest BCUT2D eigenvalue weighted by Crippen LogP contribution is -2.38. The first kappa shape index (κ1) is 21.0. The molecule has 2 N–H and O–H groups in total. The van der Waals surface area contributed by atoms with Crippen molar-refractivity contribution in [3.63, 3.8) is 0 Å². The Morgan fingerprint density at radius 3 is 2.29 bits per heavy atom. The van der Waals surface area contributed by atoms with Crippen molar-refractivity contribution in [1.82, 2.24) is 5.32 Å². The Morgan fingerprint density at radius 1 is 0.893 bits per heavy atom. The Hall–Kier alpha value is -3.26. The van der Waals surface area contributed by atoms with Crippen LogP contribution in [-0.4, -0.2) is 46.8 Å². The first-order valence-electron chi connectivity index (χ1n) is 8.50. The molecule has 2 aromatic carbocycles. The minimum atomic E-state index is -0.798. The van der Waals surface area contributed by atoms with Crippen LogP contribution in [0.2, 0.25) is 0 Å². The molecule has 0 radical (unpaired) electrons. The van der Waals surface area contributed by atoms with E-state index in [-0.39, 0.29) is 6.54 Å². The molecule has 0 saturated carbocycles. The van der Waals surface area contributed by atoms with E-state index in [1.54, 1.807) is 25.3 Å². The highest BCUT2D eigenvalue weighted by Gasteiger charge is 2.18. The van der Waals surface area contributed by atoms with Crippen molar-refractivity contribution in [3.05, 3.63) is 48.0 Å². The Kier molecular flexibility index (Phi) is 7.65. The quantitative estimate of drug-likeness (QED) is 0.673. The van der Waals surface area contributed by atoms with Gasteiger partial charge in [-0.05, 0) is 29.8 Å². The number of anilines is 1. The van der Waals surface area contributed by atoms with E-state index in [0.29, 0.717) is 22.9 Å². The highest BCUT2D eigenvalue weighted by Crippen LogP contribution is 2.29. The van der Waals surface area contributed by atoms with Gasteiger partial charge in [-0.3, -0.25) is 9.59 Å². The normalized spacial score (nSPS) is 11.3. The van der Waals surface area contributed by atoms with Gasteiger partial charge in [0.1, 0.15) is 5.75 Å². The monoisotopic (exact) mass is 388 g/mol. The maximum atomic E-state index is 12.1. The van der Waals surface area contributed by atoms with Gasteiger partial charge in [0.2, 0.25) is 0 Å². The van der Waals surface area contributed by atoms with Crippen LogP contribution in [0.4, 0.5) is 5.69 Å². The number of carbonyl (C=O) groups excluding carboxylic acids is 2. The second-order valence-corrected chi connectivity index (χ2v) is 5.73. The molecular formula is C20H24N2O6. The van der Waals surface area contributed by atoms with Crippen LogP contribution in [0.5, 0.6) is 17.2 Å². The highest BCUT2D eigenvalue weighted by molar-refractivity contribution is 6.39. The van der Waals surface area contributed by atoms with Gasteiger partial charge in [0.25, 0.3) is 0 Å². The van der Waals surface area contributed by atoms with Crippen molar-refractivity contribution in [3.8, 4) is 17.2 Å². The Labute approximate surface area is 163 Å². The van der Waals surface area contributed by atoms with Gasteiger partial charge in [-0.15, -0.1) is 0 Å². The Balaban J connectivity index is 1.97. The predicted octanol–water partition coefficient (Wildman–Crippen LogP) is 2.15. The summed E-state index contributed by atoms with van der Waals surface area (Å²) in [5.74, 6) is 0.0638. The molecule has 1 unspecified atom stereocenters. The number of benzene rings is 2. The van der Waals surface area contributed by atoms with Crippen molar-refractivity contribution >= 4 is 17.5 Å². The van der Waals surface area contributed by atoms with E-state index in [4.69, 9.17) is 18.9 Å². The molecule has 8 heteroatoms. The summed E-state index contributed by atoms with van der Waals surface area (Å²) < 4.78 is 20.9. The SMILES string of the molecule is COc1cccc(C(CNC(=O)C(=O)Nc2ccc(OC)c(OC)c2)OC)c1. The largest absolute Gasteiger partial charge is 0.497 e. The summed E-state index contributed by atoms with van der Waals surface area (Å²) in [4.78, 5) is 24.3. The van der Waals surface area contributed by atoms with E-state index in [2.05, 4.69) is 10.6 Å². The summed E-state index contributed by atoms with van der Waals surface area (Å²) in [5.41, 5.74) is 1.23. The van der Waals surface area contributed by atoms with E-state index >= 15 is 0 Å². The van der Waals surface area contributed by atoms with Crippen LogP contribution in [0.25, 0.3) is 0 Å². The molecule has 0 aliphatic heterocycles. The van der Waals surface area contributed by atoms with Crippen molar-refractivity contribution in [2.75, 3.05) is 40.3 Å². The van der Waals surface area contributed by atoms with E-state index in [0.717, 1.165) is 5.56 Å². The van der Waals surface area contributed by atoms with Crippen molar-refractivity contribution in [1.29, 1.82) is 0 Å². The second kappa shape index (κ2) is 10.2. The molecule has 1 atom stereocenters. The van der Waals surface area contributed by atoms with Gasteiger partial charge in [0.05, 0.1) is 27.4 Å². The molecular weight excluding hydrogens is 364 g/mol. The molecule has 0 spiro atoms. The third-order valence-electron chi connectivity index (χ3n) is 4.05. The molecule has 0 aliphatic carbocycles. The summed E-state index contributed by atoms with van der Waals surface area (Å²) in [6, 6.07) is 12.1. The number of amides is 2. The maximum absolute atomic E-state index is 12.1. The fourth-order valence-electron chi connectivity index (χ4n) is 2.55. The van der Waals surface area contributed by atoms with Crippen LogP contribution in [0.15, 0.2) is 42.5 Å². The van der Waals surface area contributed by atoms with Crippen molar-refractivity contribution < 1.29 is 28.5 Å². The smallest absolute Gasteiger partial charge is 0.313 e. The average Bonchev–Trinajstić information content (AvgIpc) is 2.73. The zero-order valence-electron chi connectivity index (χ0n) is 16.3. The third-order valence-corrected chi connectivity index (χ3v) is 4.05. The van der Waals surface area contributed by atoms with Gasteiger partial charge < -0.3 is 29.6 Å². The number of ether oxygens (including phenoxy) is 4. The summed E-state index contributed by atoms with van der Waals surface area (Å²) >= 11 is 0. The maximum Gasteiger partial charge on any atom is 0.313 e. The Bertz CT molecular complexity index is 824. The summed E-state index contributed by atoms with van der Waals surface area (Å²) in [6.45, 7) is 0.127. The van der Waals surface area contributed by atoms with Crippen LogP contribution in [0.3, 0.4) is 0 Å². The molecule has 0 saturated heterocycles. The van der Waals surface area contributed by atoms with Gasteiger partial charge in [0, 0.05) is 25.4 Å². The molecule has 0 bridgehead atoms. The van der Waals surface area contributed by atoms with Crippen LogP contribution in [0.1, 0.15) is 11.7 Å². The van der Waals surface area contributed by atoms with Gasteiger partial charge in [0.15, 0.2) is 11.5 Å². The number of hydrogen-bond acceptors (Lipinski definition) is 6.